The van der Waals surface area contributed by atoms with Crippen LogP contribution in [0.5, 0.6) is 0 Å². The van der Waals surface area contributed by atoms with Gasteiger partial charge >= 0.3 is 0 Å². The van der Waals surface area contributed by atoms with Crippen LogP contribution in [0.2, 0.25) is 0 Å². The molecule has 1 fully saturated rings. The zero-order valence-electron chi connectivity index (χ0n) is 15.7. The molecule has 0 spiro atoms. The summed E-state index contributed by atoms with van der Waals surface area (Å²) < 4.78 is 2.14. The summed E-state index contributed by atoms with van der Waals surface area (Å²) in [5.41, 5.74) is 1.21. The van der Waals surface area contributed by atoms with Gasteiger partial charge in [-0.3, -0.25) is 0 Å². The first-order valence-corrected chi connectivity index (χ1v) is 11.9. The minimum atomic E-state index is 0.475. The van der Waals surface area contributed by atoms with Crippen LogP contribution in [0.1, 0.15) is 30.4 Å². The van der Waals surface area contributed by atoms with Gasteiger partial charge in [0.25, 0.3) is 0 Å². The maximum atomic E-state index is 4.77. The molecule has 6 nitrogen and oxygen atoms in total. The number of thiophene rings is 2. The fourth-order valence-corrected chi connectivity index (χ4v) is 6.48. The average molecular weight is 429 g/mol. The van der Waals surface area contributed by atoms with Gasteiger partial charge < -0.3 is 9.88 Å². The zero-order chi connectivity index (χ0) is 19.1. The van der Waals surface area contributed by atoms with Crippen molar-refractivity contribution in [2.45, 2.75) is 35.9 Å². The van der Waals surface area contributed by atoms with Crippen molar-refractivity contribution in [1.29, 1.82) is 0 Å². The summed E-state index contributed by atoms with van der Waals surface area (Å²) in [6.45, 7) is 4.04. The van der Waals surface area contributed by atoms with E-state index < -0.39 is 0 Å². The Bertz CT molecular complexity index is 1110. The number of fused-ring (bicyclic) bond motifs is 1. The first-order chi connectivity index (χ1) is 13.7. The van der Waals surface area contributed by atoms with Crippen molar-refractivity contribution in [3.05, 3.63) is 34.5 Å². The van der Waals surface area contributed by atoms with E-state index in [0.29, 0.717) is 5.92 Å². The number of nitrogens with zero attached hydrogens (tertiary/aromatic N) is 5. The highest BCUT2D eigenvalue weighted by Crippen LogP contribution is 2.41. The number of rotatable bonds is 4. The van der Waals surface area contributed by atoms with Gasteiger partial charge in [-0.25, -0.2) is 9.97 Å². The molecule has 4 aromatic heterocycles. The molecule has 1 saturated heterocycles. The van der Waals surface area contributed by atoms with Gasteiger partial charge in [-0.1, -0.05) is 6.07 Å². The first-order valence-electron chi connectivity index (χ1n) is 9.28. The van der Waals surface area contributed by atoms with E-state index in [0.717, 1.165) is 58.0 Å². The Morgan fingerprint density at radius 3 is 2.82 bits per heavy atom. The third-order valence-electron chi connectivity index (χ3n) is 5.06. The molecule has 4 aromatic rings. The molecule has 1 N–H and O–H groups in total. The molecule has 1 aliphatic rings. The van der Waals surface area contributed by atoms with Crippen LogP contribution in [0.4, 0.5) is 0 Å². The zero-order valence-corrected chi connectivity index (χ0v) is 18.1. The normalized spacial score (nSPS) is 15.5. The average Bonchev–Trinajstić information content (AvgIpc) is 3.43. The second kappa shape index (κ2) is 7.55. The third-order valence-corrected chi connectivity index (χ3v) is 7.86. The lowest BCUT2D eigenvalue weighted by Gasteiger charge is -2.21. The summed E-state index contributed by atoms with van der Waals surface area (Å²) in [7, 11) is 2.07. The van der Waals surface area contributed by atoms with E-state index in [1.165, 1.54) is 10.4 Å². The highest BCUT2D eigenvalue weighted by Gasteiger charge is 2.23. The Hall–Kier alpha value is -1.81. The summed E-state index contributed by atoms with van der Waals surface area (Å²) in [6.07, 6.45) is 2.22. The molecule has 1 aliphatic heterocycles. The maximum absolute atomic E-state index is 4.77. The van der Waals surface area contributed by atoms with Gasteiger partial charge in [0.2, 0.25) is 0 Å². The third kappa shape index (κ3) is 3.26. The lowest BCUT2D eigenvalue weighted by atomic mass is 9.97. The molecular formula is C19H20N6S3. The summed E-state index contributed by atoms with van der Waals surface area (Å²) in [6, 6.07) is 4.23. The molecule has 28 heavy (non-hydrogen) atoms. The van der Waals surface area contributed by atoms with Gasteiger partial charge in [-0.15, -0.1) is 32.9 Å². The monoisotopic (exact) mass is 428 g/mol. The topological polar surface area (TPSA) is 68.5 Å². The lowest BCUT2D eigenvalue weighted by Crippen LogP contribution is -2.27. The van der Waals surface area contributed by atoms with Gasteiger partial charge in [0.1, 0.15) is 21.5 Å². The molecule has 0 aromatic carbocycles. The smallest absolute Gasteiger partial charge is 0.197 e. The number of hydrogen-bond acceptors (Lipinski definition) is 8. The minimum Gasteiger partial charge on any atom is -0.317 e. The van der Waals surface area contributed by atoms with E-state index in [1.807, 2.05) is 6.92 Å². The molecular weight excluding hydrogens is 408 g/mol. The molecule has 0 amide bonds. The predicted octanol–water partition coefficient (Wildman–Crippen LogP) is 4.47. The molecule has 5 heterocycles. The fourth-order valence-electron chi connectivity index (χ4n) is 3.64. The Morgan fingerprint density at radius 2 is 2.04 bits per heavy atom. The van der Waals surface area contributed by atoms with Crippen molar-refractivity contribution >= 4 is 44.7 Å². The molecule has 0 unspecified atom stereocenters. The van der Waals surface area contributed by atoms with Crippen molar-refractivity contribution in [2.75, 3.05) is 13.1 Å². The predicted molar refractivity (Wildman–Crippen MR) is 115 cm³/mol. The van der Waals surface area contributed by atoms with E-state index >= 15 is 0 Å². The molecule has 0 atom stereocenters. The fraction of sp³-hybridized carbons (Fsp3) is 0.368. The number of nitrogens with one attached hydrogen (secondary N) is 1. The van der Waals surface area contributed by atoms with E-state index in [9.17, 15) is 0 Å². The SMILES string of the molecule is Cc1nc(Sc2nnc(C3CCNCC3)n2C)c2c(-c3cccs3)csc2n1. The van der Waals surface area contributed by atoms with Crippen LogP contribution < -0.4 is 5.32 Å². The minimum absolute atomic E-state index is 0.475. The van der Waals surface area contributed by atoms with Crippen LogP contribution in [0.25, 0.3) is 20.7 Å². The Balaban J connectivity index is 1.55. The Labute approximate surface area is 175 Å². The van der Waals surface area contributed by atoms with Gasteiger partial charge in [-0.05, 0) is 56.1 Å². The Morgan fingerprint density at radius 1 is 1.18 bits per heavy atom. The van der Waals surface area contributed by atoms with Crippen LogP contribution in [-0.4, -0.2) is 37.8 Å². The summed E-state index contributed by atoms with van der Waals surface area (Å²) in [5, 5.41) is 19.7. The van der Waals surface area contributed by atoms with Gasteiger partial charge in [0.15, 0.2) is 5.16 Å². The molecule has 0 bridgehead atoms. The van der Waals surface area contributed by atoms with Crippen molar-refractivity contribution in [1.82, 2.24) is 30.0 Å². The quantitative estimate of drug-likeness (QED) is 0.484. The number of aryl methyl sites for hydroxylation is 1. The molecule has 0 saturated carbocycles. The van der Waals surface area contributed by atoms with Crippen molar-refractivity contribution in [3.63, 3.8) is 0 Å². The van der Waals surface area contributed by atoms with Gasteiger partial charge in [0, 0.05) is 28.8 Å². The largest absolute Gasteiger partial charge is 0.317 e. The number of piperidine rings is 1. The number of aromatic nitrogens is 5. The molecule has 5 rings (SSSR count). The molecule has 9 heteroatoms. The maximum Gasteiger partial charge on any atom is 0.197 e. The Kier molecular flexibility index (Phi) is 4.92. The standard InChI is InChI=1S/C19H20N6S3/c1-11-21-17-15(13(10-27-17)14-4-3-9-26-14)18(22-11)28-19-24-23-16(25(19)2)12-5-7-20-8-6-12/h3-4,9-10,12,20H,5-8H2,1-2H3. The summed E-state index contributed by atoms with van der Waals surface area (Å²) in [4.78, 5) is 11.7. The molecule has 0 radical (unpaired) electrons. The van der Waals surface area contributed by atoms with Gasteiger partial charge in [-0.2, -0.15) is 0 Å². The second-order valence-electron chi connectivity index (χ2n) is 6.91. The molecule has 0 aliphatic carbocycles. The van der Waals surface area contributed by atoms with Crippen LogP contribution in [-0.2, 0) is 7.05 Å². The second-order valence-corrected chi connectivity index (χ2v) is 9.67. The van der Waals surface area contributed by atoms with E-state index in [2.05, 4.69) is 55.0 Å². The highest BCUT2D eigenvalue weighted by molar-refractivity contribution is 7.99. The molecule has 144 valence electrons. The van der Waals surface area contributed by atoms with Crippen LogP contribution in [0.15, 0.2) is 33.1 Å². The van der Waals surface area contributed by atoms with Crippen molar-refractivity contribution < 1.29 is 0 Å². The van der Waals surface area contributed by atoms with Crippen LogP contribution >= 0.6 is 34.4 Å². The van der Waals surface area contributed by atoms with Crippen molar-refractivity contribution in [3.8, 4) is 10.4 Å². The van der Waals surface area contributed by atoms with Crippen molar-refractivity contribution in [2.24, 2.45) is 7.05 Å². The first kappa shape index (κ1) is 18.2. The summed E-state index contributed by atoms with van der Waals surface area (Å²) in [5.74, 6) is 2.34. The van der Waals surface area contributed by atoms with E-state index in [4.69, 9.17) is 4.98 Å². The van der Waals surface area contributed by atoms with Gasteiger partial charge in [0.05, 0.1) is 5.39 Å². The highest BCUT2D eigenvalue weighted by atomic mass is 32.2. The van der Waals surface area contributed by atoms with Crippen LogP contribution in [0.3, 0.4) is 0 Å². The number of hydrogen-bond donors (Lipinski definition) is 1. The summed E-state index contributed by atoms with van der Waals surface area (Å²) >= 11 is 5.01. The van der Waals surface area contributed by atoms with E-state index in [1.54, 1.807) is 34.4 Å². The lowest BCUT2D eigenvalue weighted by molar-refractivity contribution is 0.434. The van der Waals surface area contributed by atoms with E-state index in [-0.39, 0.29) is 0 Å². The van der Waals surface area contributed by atoms with Crippen LogP contribution in [0, 0.1) is 6.92 Å².